The predicted octanol–water partition coefficient (Wildman–Crippen LogP) is -0.838. The summed E-state index contributed by atoms with van der Waals surface area (Å²) in [6, 6.07) is 7.51. The Hall–Kier alpha value is -1.59. The quantitative estimate of drug-likeness (QED) is 0.387. The zero-order valence-electron chi connectivity index (χ0n) is 7.19. The summed E-state index contributed by atoms with van der Waals surface area (Å²) in [5.41, 5.74) is 1.68. The van der Waals surface area contributed by atoms with Crippen LogP contribution in [0.15, 0.2) is 30.6 Å². The van der Waals surface area contributed by atoms with Crippen molar-refractivity contribution in [1.82, 2.24) is 4.57 Å². The van der Waals surface area contributed by atoms with E-state index in [-0.39, 0.29) is 11.0 Å². The monoisotopic (exact) mass is 184 g/mol. The maximum Gasteiger partial charge on any atom is 0.247 e. The summed E-state index contributed by atoms with van der Waals surface area (Å²) in [6.07, 6.45) is 1.52. The van der Waals surface area contributed by atoms with Crippen LogP contribution in [0.2, 0.25) is 0 Å². The van der Waals surface area contributed by atoms with Crippen molar-refractivity contribution >= 4 is 11.0 Å². The van der Waals surface area contributed by atoms with E-state index in [1.54, 1.807) is 0 Å². The Kier molecular flexibility index (Phi) is 3.41. The number of aromatic nitrogens is 2. The lowest BCUT2D eigenvalue weighted by atomic mass is 10.3. The Morgan fingerprint density at radius 1 is 1.23 bits per heavy atom. The third-order valence-corrected chi connectivity index (χ3v) is 1.78. The lowest BCUT2D eigenvalue weighted by molar-refractivity contribution is -0.577. The second-order valence-corrected chi connectivity index (χ2v) is 2.54. The van der Waals surface area contributed by atoms with E-state index in [9.17, 15) is 5.21 Å². The zero-order valence-corrected chi connectivity index (χ0v) is 7.19. The molecule has 0 amide bonds. The van der Waals surface area contributed by atoms with Gasteiger partial charge in [-0.3, -0.25) is 0 Å². The fraction of sp³-hybridized carbons (Fsp3) is 0.125. The predicted molar refractivity (Wildman–Crippen MR) is 49.1 cm³/mol. The third kappa shape index (κ3) is 1.61. The molecule has 0 aliphatic heterocycles. The summed E-state index contributed by atoms with van der Waals surface area (Å²) in [5, 5.41) is 11.1. The number of hydrogen-bond donors (Lipinski definition) is 0. The first-order valence-corrected chi connectivity index (χ1v) is 3.42. The highest BCUT2D eigenvalue weighted by Crippen LogP contribution is 2.07. The van der Waals surface area contributed by atoms with E-state index in [1.807, 2.05) is 35.9 Å². The van der Waals surface area contributed by atoms with Crippen LogP contribution in [0.3, 0.4) is 0 Å². The maximum absolute atomic E-state index is 11.1. The number of benzene rings is 1. The Labute approximate surface area is 75.0 Å². The van der Waals surface area contributed by atoms with Crippen LogP contribution in [0.4, 0.5) is 0 Å². The molecule has 0 bridgehead atoms. The van der Waals surface area contributed by atoms with Gasteiger partial charge in [0.1, 0.15) is 0 Å². The molecular formula is C8H12N2O3. The molecule has 0 radical (unpaired) electrons. The molecule has 0 saturated heterocycles. The molecule has 1 heterocycles. The smallest absolute Gasteiger partial charge is 0.247 e. The maximum atomic E-state index is 11.1. The van der Waals surface area contributed by atoms with Crippen molar-refractivity contribution < 1.29 is 15.7 Å². The molecule has 1 aromatic carbocycles. The fourth-order valence-electron chi connectivity index (χ4n) is 1.23. The van der Waals surface area contributed by atoms with Gasteiger partial charge < -0.3 is 16.2 Å². The normalized spacial score (nSPS) is 9.00. The van der Waals surface area contributed by atoms with Crippen molar-refractivity contribution in [2.45, 2.75) is 0 Å². The molecule has 0 aliphatic carbocycles. The van der Waals surface area contributed by atoms with Gasteiger partial charge in [-0.2, -0.15) is 0 Å². The van der Waals surface area contributed by atoms with Gasteiger partial charge >= 0.3 is 0 Å². The van der Waals surface area contributed by atoms with Crippen molar-refractivity contribution in [3.63, 3.8) is 0 Å². The van der Waals surface area contributed by atoms with Crippen LogP contribution in [-0.2, 0) is 7.05 Å². The Balaban J connectivity index is 0.000000720. The van der Waals surface area contributed by atoms with Gasteiger partial charge in [0, 0.05) is 0 Å². The molecule has 0 atom stereocenters. The van der Waals surface area contributed by atoms with Crippen molar-refractivity contribution in [1.29, 1.82) is 0 Å². The molecule has 2 aromatic rings. The molecule has 0 saturated carbocycles. The Morgan fingerprint density at radius 3 is 2.46 bits per heavy atom. The summed E-state index contributed by atoms with van der Waals surface area (Å²) < 4.78 is 2.68. The van der Waals surface area contributed by atoms with Crippen LogP contribution in [-0.4, -0.2) is 15.5 Å². The van der Waals surface area contributed by atoms with E-state index in [0.717, 1.165) is 15.8 Å². The summed E-state index contributed by atoms with van der Waals surface area (Å²) in [7, 11) is 1.86. The highest BCUT2D eigenvalue weighted by Gasteiger charge is 2.05. The van der Waals surface area contributed by atoms with E-state index < -0.39 is 0 Å². The van der Waals surface area contributed by atoms with E-state index in [0.29, 0.717) is 0 Å². The van der Waals surface area contributed by atoms with Crippen molar-refractivity contribution in [2.75, 3.05) is 0 Å². The largest absolute Gasteiger partial charge is 0.710 e. The fourth-order valence-corrected chi connectivity index (χ4v) is 1.23. The van der Waals surface area contributed by atoms with Gasteiger partial charge in [-0.1, -0.05) is 12.1 Å². The second kappa shape index (κ2) is 3.88. The summed E-state index contributed by atoms with van der Waals surface area (Å²) in [4.78, 5) is 0. The lowest BCUT2D eigenvalue weighted by Crippen LogP contribution is -2.22. The highest BCUT2D eigenvalue weighted by atomic mass is 16.5. The number of fused-ring (bicyclic) bond motifs is 1. The van der Waals surface area contributed by atoms with Crippen LogP contribution >= 0.6 is 0 Å². The molecular weight excluding hydrogens is 172 g/mol. The first kappa shape index (κ1) is 11.4. The van der Waals surface area contributed by atoms with Crippen molar-refractivity contribution in [3.8, 4) is 0 Å². The highest BCUT2D eigenvalue weighted by molar-refractivity contribution is 5.71. The molecule has 0 unspecified atom stereocenters. The van der Waals surface area contributed by atoms with Gasteiger partial charge in [0.25, 0.3) is 0 Å². The van der Waals surface area contributed by atoms with Crippen LogP contribution in [0.5, 0.6) is 0 Å². The molecule has 5 nitrogen and oxygen atoms in total. The van der Waals surface area contributed by atoms with Crippen LogP contribution < -0.4 is 4.73 Å². The van der Waals surface area contributed by atoms with Gasteiger partial charge in [-0.15, -0.1) is 0 Å². The van der Waals surface area contributed by atoms with E-state index in [4.69, 9.17) is 0 Å². The Bertz CT molecular complexity index is 361. The van der Waals surface area contributed by atoms with Crippen molar-refractivity contribution in [3.05, 3.63) is 35.8 Å². The zero-order chi connectivity index (χ0) is 7.84. The summed E-state index contributed by atoms with van der Waals surface area (Å²) >= 11 is 0. The average Bonchev–Trinajstić information content (AvgIpc) is 2.30. The lowest BCUT2D eigenvalue weighted by Gasteiger charge is -1.93. The molecule has 1 aromatic heterocycles. The van der Waals surface area contributed by atoms with E-state index >= 15 is 0 Å². The molecule has 0 fully saturated rings. The second-order valence-electron chi connectivity index (χ2n) is 2.54. The first-order chi connectivity index (χ1) is 5.29. The minimum atomic E-state index is 0. The number of imidazole rings is 1. The first-order valence-electron chi connectivity index (χ1n) is 3.42. The van der Waals surface area contributed by atoms with Gasteiger partial charge in [-0.25, -0.2) is 9.30 Å². The number of hydrogen-bond acceptors (Lipinski definition) is 1. The summed E-state index contributed by atoms with van der Waals surface area (Å²) in [6.45, 7) is 0. The van der Waals surface area contributed by atoms with Gasteiger partial charge in [0.2, 0.25) is 6.33 Å². The Morgan fingerprint density at radius 2 is 1.85 bits per heavy atom. The van der Waals surface area contributed by atoms with Gasteiger partial charge in [0.15, 0.2) is 11.0 Å². The van der Waals surface area contributed by atoms with Crippen LogP contribution in [0.25, 0.3) is 11.0 Å². The number of nitrogens with zero attached hydrogens (tertiary/aromatic N) is 2. The molecule has 72 valence electrons. The van der Waals surface area contributed by atoms with Crippen LogP contribution in [0.1, 0.15) is 0 Å². The summed E-state index contributed by atoms with van der Waals surface area (Å²) in [5.74, 6) is 0. The third-order valence-electron chi connectivity index (χ3n) is 1.78. The topological polar surface area (TPSA) is 94.9 Å². The van der Waals surface area contributed by atoms with E-state index in [1.165, 1.54) is 6.33 Å². The van der Waals surface area contributed by atoms with Gasteiger partial charge in [-0.05, 0) is 12.1 Å². The minimum absolute atomic E-state index is 0. The standard InChI is InChI=1S/C8H8N2O.2H2O/c1-9-6-10(11)8-5-3-2-4-7(8)9;;/h2-6H,1H3;2*1H2. The van der Waals surface area contributed by atoms with E-state index in [2.05, 4.69) is 0 Å². The molecule has 13 heavy (non-hydrogen) atoms. The van der Waals surface area contributed by atoms with Crippen molar-refractivity contribution in [2.24, 2.45) is 7.05 Å². The molecule has 0 aliphatic rings. The molecule has 2 rings (SSSR count). The molecule has 0 spiro atoms. The van der Waals surface area contributed by atoms with Gasteiger partial charge in [0.05, 0.1) is 7.05 Å². The number of aryl methyl sites for hydroxylation is 1. The molecule has 4 N–H and O–H groups in total. The minimum Gasteiger partial charge on any atom is -0.710 e. The SMILES string of the molecule is Cn1c[n+]([O-])c2ccccc21.O.O. The average molecular weight is 184 g/mol. The number of rotatable bonds is 0. The van der Waals surface area contributed by atoms with Crippen LogP contribution in [0, 0.1) is 5.21 Å². The number of para-hydroxylation sites is 2. The molecule has 5 heteroatoms.